The van der Waals surface area contributed by atoms with Gasteiger partial charge in [-0.1, -0.05) is 23.5 Å². The van der Waals surface area contributed by atoms with Gasteiger partial charge in [0.25, 0.3) is 0 Å². The monoisotopic (exact) mass is 262 g/mol. The zero-order chi connectivity index (χ0) is 12.4. The van der Waals surface area contributed by atoms with Crippen LogP contribution in [0.1, 0.15) is 16.8 Å². The fraction of sp³-hybridized carbons (Fsp3) is 0.308. The lowest BCUT2D eigenvalue weighted by molar-refractivity contribution is 0.357. The van der Waals surface area contributed by atoms with Crippen LogP contribution in [-0.4, -0.2) is 11.6 Å². The van der Waals surface area contributed by atoms with Crippen LogP contribution in [0.3, 0.4) is 0 Å². The SMILES string of the molecule is O=c1[nH]c(CNCc2ccc3c(c2)CCO3)cs1. The summed E-state index contributed by atoms with van der Waals surface area (Å²) in [6.07, 6.45) is 1.00. The predicted molar refractivity (Wildman–Crippen MR) is 71.1 cm³/mol. The molecule has 0 aliphatic carbocycles. The maximum Gasteiger partial charge on any atom is 0.304 e. The zero-order valence-corrected chi connectivity index (χ0v) is 10.7. The normalized spacial score (nSPS) is 13.3. The molecule has 2 N–H and O–H groups in total. The minimum absolute atomic E-state index is 0.00137. The lowest BCUT2D eigenvalue weighted by atomic mass is 10.1. The lowest BCUT2D eigenvalue weighted by Gasteiger charge is -2.05. The van der Waals surface area contributed by atoms with Gasteiger partial charge in [-0.05, 0) is 17.2 Å². The number of rotatable bonds is 4. The fourth-order valence-corrected chi connectivity index (χ4v) is 2.67. The quantitative estimate of drug-likeness (QED) is 0.881. The van der Waals surface area contributed by atoms with E-state index < -0.39 is 0 Å². The Hall–Kier alpha value is -1.59. The van der Waals surface area contributed by atoms with Crippen LogP contribution >= 0.6 is 11.3 Å². The highest BCUT2D eigenvalue weighted by Gasteiger charge is 2.11. The van der Waals surface area contributed by atoms with Gasteiger partial charge in [-0.25, -0.2) is 0 Å². The number of ether oxygens (including phenoxy) is 1. The van der Waals surface area contributed by atoms with Crippen LogP contribution in [0.2, 0.25) is 0 Å². The van der Waals surface area contributed by atoms with E-state index in [1.807, 2.05) is 11.4 Å². The predicted octanol–water partition coefficient (Wildman–Crippen LogP) is 1.66. The third kappa shape index (κ3) is 2.47. The molecular formula is C13H14N2O2S. The van der Waals surface area contributed by atoms with Crippen molar-refractivity contribution in [2.24, 2.45) is 0 Å². The zero-order valence-electron chi connectivity index (χ0n) is 9.86. The third-order valence-corrected chi connectivity index (χ3v) is 3.69. The Morgan fingerprint density at radius 1 is 1.39 bits per heavy atom. The van der Waals surface area contributed by atoms with Crippen molar-refractivity contribution in [3.8, 4) is 5.75 Å². The molecule has 94 valence electrons. The van der Waals surface area contributed by atoms with E-state index in [0.29, 0.717) is 6.54 Å². The van der Waals surface area contributed by atoms with Gasteiger partial charge in [-0.3, -0.25) is 4.79 Å². The van der Waals surface area contributed by atoms with Crippen molar-refractivity contribution in [3.05, 3.63) is 50.1 Å². The van der Waals surface area contributed by atoms with Crippen molar-refractivity contribution in [1.29, 1.82) is 0 Å². The molecule has 0 radical (unpaired) electrons. The summed E-state index contributed by atoms with van der Waals surface area (Å²) in [7, 11) is 0. The number of hydrogen-bond donors (Lipinski definition) is 2. The molecule has 1 aliphatic heterocycles. The number of nitrogens with one attached hydrogen (secondary N) is 2. The van der Waals surface area contributed by atoms with Gasteiger partial charge in [-0.15, -0.1) is 0 Å². The number of H-pyrrole nitrogens is 1. The van der Waals surface area contributed by atoms with Gasteiger partial charge in [0.05, 0.1) is 6.61 Å². The highest BCUT2D eigenvalue weighted by Crippen LogP contribution is 2.25. The van der Waals surface area contributed by atoms with Crippen molar-refractivity contribution >= 4 is 11.3 Å². The Morgan fingerprint density at radius 2 is 2.33 bits per heavy atom. The maximum atomic E-state index is 11.0. The number of benzene rings is 1. The second-order valence-electron chi connectivity index (χ2n) is 4.32. The summed E-state index contributed by atoms with van der Waals surface area (Å²) in [6.45, 7) is 2.28. The first-order chi connectivity index (χ1) is 8.81. The first-order valence-electron chi connectivity index (χ1n) is 5.93. The minimum atomic E-state index is 0.00137. The Bertz CT molecular complexity index is 603. The molecule has 0 saturated heterocycles. The second-order valence-corrected chi connectivity index (χ2v) is 5.16. The van der Waals surface area contributed by atoms with Crippen molar-refractivity contribution in [3.63, 3.8) is 0 Å². The standard InChI is InChI=1S/C13H14N2O2S/c16-13-15-11(8-18-13)7-14-6-9-1-2-12-10(5-9)3-4-17-12/h1-2,5,8,14H,3-4,6-7H2,(H,15,16). The van der Waals surface area contributed by atoms with E-state index in [1.54, 1.807) is 0 Å². The lowest BCUT2D eigenvalue weighted by Crippen LogP contribution is -2.13. The van der Waals surface area contributed by atoms with E-state index in [1.165, 1.54) is 22.5 Å². The average molecular weight is 262 g/mol. The molecule has 0 spiro atoms. The molecule has 0 bridgehead atoms. The van der Waals surface area contributed by atoms with Gasteiger partial charge >= 0.3 is 4.87 Å². The van der Waals surface area contributed by atoms with Crippen molar-refractivity contribution < 1.29 is 4.74 Å². The first-order valence-corrected chi connectivity index (χ1v) is 6.81. The van der Waals surface area contributed by atoms with Crippen LogP contribution < -0.4 is 14.9 Å². The summed E-state index contributed by atoms with van der Waals surface area (Å²) in [6, 6.07) is 6.30. The first kappa shape index (κ1) is 11.5. The molecule has 0 atom stereocenters. The molecule has 5 heteroatoms. The molecule has 0 unspecified atom stereocenters. The molecule has 0 fully saturated rings. The molecule has 1 aromatic carbocycles. The van der Waals surface area contributed by atoms with E-state index in [9.17, 15) is 4.79 Å². The summed E-state index contributed by atoms with van der Waals surface area (Å²) in [5.74, 6) is 1.01. The number of thiazole rings is 1. The Kier molecular flexibility index (Phi) is 3.17. The van der Waals surface area contributed by atoms with Gasteiger partial charge in [-0.2, -0.15) is 0 Å². The molecule has 1 aromatic heterocycles. The molecular weight excluding hydrogens is 248 g/mol. The highest BCUT2D eigenvalue weighted by molar-refractivity contribution is 7.07. The topological polar surface area (TPSA) is 54.1 Å². The van der Waals surface area contributed by atoms with Gasteiger partial charge in [0, 0.05) is 30.6 Å². The number of aromatic nitrogens is 1. The summed E-state index contributed by atoms with van der Waals surface area (Å²) in [4.78, 5) is 13.8. The molecule has 18 heavy (non-hydrogen) atoms. The van der Waals surface area contributed by atoms with E-state index in [4.69, 9.17) is 4.74 Å². The van der Waals surface area contributed by atoms with Crippen LogP contribution in [0.25, 0.3) is 0 Å². The Labute approximate surface area is 109 Å². The van der Waals surface area contributed by atoms with E-state index >= 15 is 0 Å². The molecule has 0 saturated carbocycles. The van der Waals surface area contributed by atoms with Crippen molar-refractivity contribution in [2.75, 3.05) is 6.61 Å². The van der Waals surface area contributed by atoms with Crippen LogP contribution in [0.5, 0.6) is 5.75 Å². The Balaban J connectivity index is 1.58. The van der Waals surface area contributed by atoms with Gasteiger partial charge in [0.1, 0.15) is 5.75 Å². The smallest absolute Gasteiger partial charge is 0.304 e. The minimum Gasteiger partial charge on any atom is -0.493 e. The van der Waals surface area contributed by atoms with Crippen LogP contribution in [-0.2, 0) is 19.5 Å². The number of fused-ring (bicyclic) bond motifs is 1. The average Bonchev–Trinajstić information content (AvgIpc) is 2.97. The summed E-state index contributed by atoms with van der Waals surface area (Å²) in [5.41, 5.74) is 3.48. The van der Waals surface area contributed by atoms with Crippen molar-refractivity contribution in [2.45, 2.75) is 19.5 Å². The molecule has 2 heterocycles. The maximum absolute atomic E-state index is 11.0. The molecule has 0 amide bonds. The van der Waals surface area contributed by atoms with E-state index in [0.717, 1.165) is 31.0 Å². The fourth-order valence-electron chi connectivity index (χ4n) is 2.09. The summed E-state index contributed by atoms with van der Waals surface area (Å²) < 4.78 is 5.47. The third-order valence-electron chi connectivity index (χ3n) is 2.97. The van der Waals surface area contributed by atoms with E-state index in [2.05, 4.69) is 22.4 Å². The number of hydrogen-bond acceptors (Lipinski definition) is 4. The van der Waals surface area contributed by atoms with Crippen LogP contribution in [0, 0.1) is 0 Å². The van der Waals surface area contributed by atoms with Crippen LogP contribution in [0.15, 0.2) is 28.4 Å². The molecule has 1 aliphatic rings. The highest BCUT2D eigenvalue weighted by atomic mass is 32.1. The summed E-state index contributed by atoms with van der Waals surface area (Å²) in [5, 5.41) is 5.17. The summed E-state index contributed by atoms with van der Waals surface area (Å²) >= 11 is 1.20. The van der Waals surface area contributed by atoms with Crippen LogP contribution in [0.4, 0.5) is 0 Å². The molecule has 4 nitrogen and oxygen atoms in total. The van der Waals surface area contributed by atoms with Gasteiger partial charge in [0.2, 0.25) is 0 Å². The Morgan fingerprint density at radius 3 is 3.17 bits per heavy atom. The molecule has 2 aromatic rings. The van der Waals surface area contributed by atoms with E-state index in [-0.39, 0.29) is 4.87 Å². The molecule has 3 rings (SSSR count). The van der Waals surface area contributed by atoms with Gasteiger partial charge in [0.15, 0.2) is 0 Å². The largest absolute Gasteiger partial charge is 0.493 e. The van der Waals surface area contributed by atoms with Gasteiger partial charge < -0.3 is 15.0 Å². The van der Waals surface area contributed by atoms with Crippen molar-refractivity contribution in [1.82, 2.24) is 10.3 Å². The number of aromatic amines is 1. The second kappa shape index (κ2) is 4.96.